The maximum absolute atomic E-state index is 2.34. The van der Waals surface area contributed by atoms with Crippen molar-refractivity contribution in [2.45, 2.75) is 4.00 Å². The van der Waals surface area contributed by atoms with Crippen LogP contribution in [-0.4, -0.2) is 29.3 Å². The van der Waals surface area contributed by atoms with E-state index in [-0.39, 0.29) is 0 Å². The summed E-state index contributed by atoms with van der Waals surface area (Å²) < 4.78 is 7.57. The molecule has 0 N–H and O–H groups in total. The van der Waals surface area contributed by atoms with E-state index in [1.165, 1.54) is 4.00 Å². The number of hydrogen-bond acceptors (Lipinski definition) is 0. The molecule has 0 nitrogen and oxygen atoms in total. The molecule has 0 aliphatic carbocycles. The summed E-state index contributed by atoms with van der Waals surface area (Å²) in [4.78, 5) is 0. The van der Waals surface area contributed by atoms with E-state index in [1.807, 2.05) is 0 Å². The minimum atomic E-state index is -1.37. The van der Waals surface area contributed by atoms with E-state index in [1.54, 1.807) is 17.4 Å². The minimum absolute atomic E-state index is 1.34. The van der Waals surface area contributed by atoms with Gasteiger partial charge < -0.3 is 0 Å². The van der Waals surface area contributed by atoms with E-state index in [4.69, 9.17) is 0 Å². The topological polar surface area (TPSA) is 0 Å². The average Bonchev–Trinajstić information content (AvgIpc) is 2.77. The van der Waals surface area contributed by atoms with Gasteiger partial charge in [0.1, 0.15) is 0 Å². The molecule has 0 spiro atoms. The van der Waals surface area contributed by atoms with Gasteiger partial charge in [-0.2, -0.15) is 0 Å². The van der Waals surface area contributed by atoms with Gasteiger partial charge in [0.15, 0.2) is 0 Å². The first kappa shape index (κ1) is 18.4. The van der Waals surface area contributed by atoms with E-state index < -0.39 is 29.3 Å². The number of hydrogen-bond donors (Lipinski definition) is 0. The SMILES string of the molecule is c1ccc([As](C[As](c2ccccc2)c2ccccc2)c2ccccc2)cc1. The summed E-state index contributed by atoms with van der Waals surface area (Å²) >= 11 is -2.74. The molecule has 0 aliphatic rings. The molecule has 4 rings (SSSR count). The molecule has 0 fully saturated rings. The van der Waals surface area contributed by atoms with Crippen molar-refractivity contribution >= 4 is 46.7 Å². The Morgan fingerprint density at radius 1 is 0.333 bits per heavy atom. The zero-order valence-electron chi connectivity index (χ0n) is 15.1. The Kier molecular flexibility index (Phi) is 6.31. The summed E-state index contributed by atoms with van der Waals surface area (Å²) in [6.45, 7) is 0. The summed E-state index contributed by atoms with van der Waals surface area (Å²) in [6, 6.07) is 44.8. The van der Waals surface area contributed by atoms with Crippen molar-refractivity contribution in [3.8, 4) is 0 Å². The molecule has 4 aromatic rings. The second-order valence-corrected chi connectivity index (χ2v) is 17.9. The Balaban J connectivity index is 1.77. The second-order valence-electron chi connectivity index (χ2n) is 6.34. The Hall–Kier alpha value is -2.00. The van der Waals surface area contributed by atoms with Crippen molar-refractivity contribution in [3.63, 3.8) is 0 Å². The molecule has 0 heterocycles. The van der Waals surface area contributed by atoms with Gasteiger partial charge in [0, 0.05) is 0 Å². The molecule has 0 aliphatic heterocycles. The van der Waals surface area contributed by atoms with Crippen molar-refractivity contribution in [3.05, 3.63) is 121 Å². The van der Waals surface area contributed by atoms with Crippen molar-refractivity contribution in [1.29, 1.82) is 0 Å². The predicted octanol–water partition coefficient (Wildman–Crippen LogP) is 3.14. The summed E-state index contributed by atoms with van der Waals surface area (Å²) in [6.07, 6.45) is 0. The fourth-order valence-electron chi connectivity index (χ4n) is 3.20. The first-order valence-electron chi connectivity index (χ1n) is 9.17. The first-order chi connectivity index (χ1) is 13.4. The van der Waals surface area contributed by atoms with Crippen LogP contribution in [0.15, 0.2) is 121 Å². The number of benzene rings is 4. The molecule has 0 aromatic heterocycles. The fraction of sp³-hybridized carbons (Fsp3) is 0.0400. The zero-order chi connectivity index (χ0) is 18.3. The van der Waals surface area contributed by atoms with E-state index in [0.29, 0.717) is 0 Å². The Labute approximate surface area is 171 Å². The van der Waals surface area contributed by atoms with Crippen LogP contribution in [0, 0.1) is 0 Å². The summed E-state index contributed by atoms with van der Waals surface area (Å²) in [5.74, 6) is 0. The standard InChI is InChI=1S/C25H22As2/c1-5-13-22(14-6-1)26(23-15-7-2-8-16-23)21-27(24-17-9-3-10-18-24)25-19-11-4-12-20-25/h1-20H,21H2. The van der Waals surface area contributed by atoms with Crippen molar-refractivity contribution < 1.29 is 0 Å². The molecule has 0 amide bonds. The number of rotatable bonds is 6. The molecule has 0 atom stereocenters. The second kappa shape index (κ2) is 9.27. The van der Waals surface area contributed by atoms with Crippen molar-refractivity contribution in [2.24, 2.45) is 0 Å². The van der Waals surface area contributed by atoms with Crippen LogP contribution in [0.1, 0.15) is 0 Å². The molecular formula is C25H22As2. The van der Waals surface area contributed by atoms with Gasteiger partial charge in [-0.05, 0) is 0 Å². The third kappa shape index (κ3) is 4.65. The molecule has 0 saturated carbocycles. The molecule has 0 unspecified atom stereocenters. The predicted molar refractivity (Wildman–Crippen MR) is 121 cm³/mol. The Bertz CT molecular complexity index is 778. The normalized spacial score (nSPS) is 11.0. The average molecular weight is 472 g/mol. The fourth-order valence-corrected chi connectivity index (χ4v) is 21.1. The molecule has 0 bridgehead atoms. The Morgan fingerprint density at radius 3 is 0.778 bits per heavy atom. The van der Waals surface area contributed by atoms with Crippen molar-refractivity contribution in [1.82, 2.24) is 0 Å². The molecule has 2 heteroatoms. The Morgan fingerprint density at radius 2 is 0.556 bits per heavy atom. The zero-order valence-corrected chi connectivity index (χ0v) is 18.9. The van der Waals surface area contributed by atoms with E-state index in [0.717, 1.165) is 0 Å². The van der Waals surface area contributed by atoms with Crippen LogP contribution >= 0.6 is 0 Å². The van der Waals surface area contributed by atoms with Gasteiger partial charge in [-0.3, -0.25) is 0 Å². The molecule has 4 aromatic carbocycles. The van der Waals surface area contributed by atoms with Gasteiger partial charge in [0.05, 0.1) is 0 Å². The molecule has 0 saturated heterocycles. The van der Waals surface area contributed by atoms with Crippen LogP contribution in [-0.2, 0) is 0 Å². The van der Waals surface area contributed by atoms with Crippen LogP contribution in [0.2, 0.25) is 4.00 Å². The van der Waals surface area contributed by atoms with Gasteiger partial charge in [-0.25, -0.2) is 0 Å². The van der Waals surface area contributed by atoms with Crippen LogP contribution in [0.25, 0.3) is 0 Å². The third-order valence-electron chi connectivity index (χ3n) is 4.55. The quantitative estimate of drug-likeness (QED) is 0.379. The van der Waals surface area contributed by atoms with Gasteiger partial charge in [0.25, 0.3) is 0 Å². The maximum atomic E-state index is 2.34. The van der Waals surface area contributed by atoms with E-state index in [9.17, 15) is 0 Å². The van der Waals surface area contributed by atoms with Crippen LogP contribution < -0.4 is 17.4 Å². The van der Waals surface area contributed by atoms with Crippen LogP contribution in [0.5, 0.6) is 0 Å². The first-order valence-corrected chi connectivity index (χ1v) is 15.6. The third-order valence-corrected chi connectivity index (χ3v) is 19.6. The summed E-state index contributed by atoms with van der Waals surface area (Å²) in [7, 11) is 0. The van der Waals surface area contributed by atoms with Gasteiger partial charge in [-0.15, -0.1) is 0 Å². The molecule has 132 valence electrons. The monoisotopic (exact) mass is 472 g/mol. The molecule has 0 radical (unpaired) electrons. The van der Waals surface area contributed by atoms with E-state index >= 15 is 0 Å². The van der Waals surface area contributed by atoms with Gasteiger partial charge in [0.2, 0.25) is 0 Å². The van der Waals surface area contributed by atoms with Crippen LogP contribution in [0.4, 0.5) is 0 Å². The van der Waals surface area contributed by atoms with Gasteiger partial charge >= 0.3 is 172 Å². The molecule has 27 heavy (non-hydrogen) atoms. The molecular weight excluding hydrogens is 450 g/mol. The van der Waals surface area contributed by atoms with Crippen molar-refractivity contribution in [2.75, 3.05) is 0 Å². The summed E-state index contributed by atoms with van der Waals surface area (Å²) in [5.41, 5.74) is 0. The summed E-state index contributed by atoms with van der Waals surface area (Å²) in [5, 5.41) is 0. The van der Waals surface area contributed by atoms with E-state index in [2.05, 4.69) is 121 Å². The van der Waals surface area contributed by atoms with Gasteiger partial charge in [-0.1, -0.05) is 0 Å². The van der Waals surface area contributed by atoms with Crippen LogP contribution in [0.3, 0.4) is 0 Å².